The van der Waals surface area contributed by atoms with Crippen LogP contribution in [0.5, 0.6) is 0 Å². The smallest absolute Gasteiger partial charge is 0.317 e. The average molecular weight is 388 g/mol. The first-order valence-corrected chi connectivity index (χ1v) is 9.47. The van der Waals surface area contributed by atoms with E-state index in [1.807, 2.05) is 24.0 Å². The van der Waals surface area contributed by atoms with E-state index in [-0.39, 0.29) is 24.7 Å². The second-order valence-electron chi connectivity index (χ2n) is 7.01. The second kappa shape index (κ2) is 10.6. The molecule has 2 rings (SSSR count). The molecule has 152 valence electrons. The average Bonchev–Trinajstić information content (AvgIpc) is 2.66. The van der Waals surface area contributed by atoms with E-state index in [0.29, 0.717) is 31.9 Å². The number of carboxylic acids is 1. The highest BCUT2D eigenvalue weighted by Gasteiger charge is 2.35. The highest BCUT2D eigenvalue weighted by Crippen LogP contribution is 2.25. The first kappa shape index (κ1) is 21.7. The fourth-order valence-corrected chi connectivity index (χ4v) is 3.13. The molecule has 1 aliphatic carbocycles. The van der Waals surface area contributed by atoms with Crippen molar-refractivity contribution in [2.24, 2.45) is 0 Å². The van der Waals surface area contributed by atoms with E-state index >= 15 is 0 Å². The van der Waals surface area contributed by atoms with Crippen LogP contribution >= 0.6 is 0 Å². The maximum atomic E-state index is 12.2. The number of aliphatic carboxylic acids is 1. The van der Waals surface area contributed by atoms with E-state index in [1.165, 1.54) is 0 Å². The van der Waals surface area contributed by atoms with Crippen molar-refractivity contribution in [3.8, 4) is 6.07 Å². The van der Waals surface area contributed by atoms with Crippen LogP contribution in [0.15, 0.2) is 24.3 Å². The highest BCUT2D eigenvalue weighted by atomic mass is 16.5. The van der Waals surface area contributed by atoms with E-state index in [0.717, 1.165) is 18.4 Å². The Balaban J connectivity index is 1.61. The minimum absolute atomic E-state index is 0.0400. The van der Waals surface area contributed by atoms with Crippen LogP contribution in [0.1, 0.15) is 30.9 Å². The zero-order valence-corrected chi connectivity index (χ0v) is 16.4. The van der Waals surface area contributed by atoms with Gasteiger partial charge in [-0.15, -0.1) is 0 Å². The number of benzene rings is 1. The normalized spacial score (nSPS) is 18.2. The van der Waals surface area contributed by atoms with E-state index in [9.17, 15) is 9.59 Å². The molecule has 0 heterocycles. The Bertz CT molecular complexity index is 695. The second-order valence-corrected chi connectivity index (χ2v) is 7.01. The first-order valence-electron chi connectivity index (χ1n) is 9.47. The number of nitrogens with one attached hydrogen (secondary N) is 1. The number of carbonyl (C=O) groups is 2. The van der Waals surface area contributed by atoms with Gasteiger partial charge in [-0.1, -0.05) is 19.1 Å². The molecule has 0 aromatic heterocycles. The molecule has 0 unspecified atom stereocenters. The summed E-state index contributed by atoms with van der Waals surface area (Å²) in [5, 5.41) is 20.7. The van der Waals surface area contributed by atoms with Crippen LogP contribution in [0.3, 0.4) is 0 Å². The molecule has 0 aliphatic heterocycles. The van der Waals surface area contributed by atoms with Gasteiger partial charge in [-0.3, -0.25) is 9.69 Å². The molecule has 1 aromatic carbocycles. The van der Waals surface area contributed by atoms with Crippen molar-refractivity contribution < 1.29 is 19.4 Å². The molecule has 8 nitrogen and oxygen atoms in total. The van der Waals surface area contributed by atoms with E-state index in [1.54, 1.807) is 24.1 Å². The molecule has 1 saturated carbocycles. The molecule has 0 bridgehead atoms. The molecule has 1 aliphatic rings. The lowest BCUT2D eigenvalue weighted by Crippen LogP contribution is -2.56. The lowest BCUT2D eigenvalue weighted by atomic mass is 9.85. The topological polar surface area (TPSA) is 106 Å². The number of nitrogens with zero attached hydrogens (tertiary/aromatic N) is 3. The highest BCUT2D eigenvalue weighted by molar-refractivity contribution is 5.74. The molecule has 0 atom stereocenters. The minimum Gasteiger partial charge on any atom is -0.480 e. The summed E-state index contributed by atoms with van der Waals surface area (Å²) in [6.45, 7) is 3.99. The molecule has 1 fully saturated rings. The van der Waals surface area contributed by atoms with Crippen molar-refractivity contribution in [2.45, 2.75) is 38.5 Å². The summed E-state index contributed by atoms with van der Waals surface area (Å²) >= 11 is 0. The largest absolute Gasteiger partial charge is 0.480 e. The van der Waals surface area contributed by atoms with Crippen LogP contribution in [-0.4, -0.2) is 72.3 Å². The molecular weight excluding hydrogens is 360 g/mol. The summed E-state index contributed by atoms with van der Waals surface area (Å²) in [6.07, 6.45) is 1.55. The SMILES string of the molecule is CCN(CC(=O)O)C1CC(NC(=O)N(C)CCOCc2ccc(C#N)cc2)C1. The predicted molar refractivity (Wildman–Crippen MR) is 104 cm³/mol. The third-order valence-corrected chi connectivity index (χ3v) is 4.97. The Morgan fingerprint density at radius 2 is 2.00 bits per heavy atom. The summed E-state index contributed by atoms with van der Waals surface area (Å²) in [4.78, 5) is 26.6. The maximum Gasteiger partial charge on any atom is 0.317 e. The molecule has 0 spiro atoms. The summed E-state index contributed by atoms with van der Waals surface area (Å²) in [5.41, 5.74) is 1.59. The third kappa shape index (κ3) is 6.51. The lowest BCUT2D eigenvalue weighted by Gasteiger charge is -2.42. The fourth-order valence-electron chi connectivity index (χ4n) is 3.13. The van der Waals surface area contributed by atoms with Gasteiger partial charge in [-0.25, -0.2) is 4.79 Å². The van der Waals surface area contributed by atoms with Gasteiger partial charge in [0.1, 0.15) is 0 Å². The first-order chi connectivity index (χ1) is 13.4. The van der Waals surface area contributed by atoms with E-state index < -0.39 is 5.97 Å². The Morgan fingerprint density at radius 3 is 2.57 bits per heavy atom. The van der Waals surface area contributed by atoms with Gasteiger partial charge in [0.25, 0.3) is 0 Å². The molecule has 28 heavy (non-hydrogen) atoms. The number of likely N-dealkylation sites (N-methyl/N-ethyl adjacent to an activating group) is 2. The zero-order valence-electron chi connectivity index (χ0n) is 16.4. The van der Waals surface area contributed by atoms with Gasteiger partial charge in [-0.05, 0) is 37.1 Å². The van der Waals surface area contributed by atoms with Gasteiger partial charge in [0.15, 0.2) is 0 Å². The van der Waals surface area contributed by atoms with Crippen molar-refractivity contribution in [2.75, 3.05) is 33.3 Å². The monoisotopic (exact) mass is 388 g/mol. The molecule has 0 radical (unpaired) electrons. The van der Waals surface area contributed by atoms with Crippen molar-refractivity contribution in [3.05, 3.63) is 35.4 Å². The van der Waals surface area contributed by atoms with Gasteiger partial charge in [0, 0.05) is 25.7 Å². The number of ether oxygens (including phenoxy) is 1. The van der Waals surface area contributed by atoms with Gasteiger partial charge < -0.3 is 20.1 Å². The number of rotatable bonds is 10. The van der Waals surface area contributed by atoms with Gasteiger partial charge in [0.2, 0.25) is 0 Å². The van der Waals surface area contributed by atoms with E-state index in [2.05, 4.69) is 11.4 Å². The standard InChI is InChI=1S/C20H28N4O4/c1-3-24(13-19(25)26)18-10-17(11-18)22-20(27)23(2)8-9-28-14-16-6-4-15(12-21)5-7-16/h4-7,17-18H,3,8-11,13-14H2,1-2H3,(H,22,27)(H,25,26). The van der Waals surface area contributed by atoms with Crippen molar-refractivity contribution in [1.82, 2.24) is 15.1 Å². The zero-order chi connectivity index (χ0) is 20.5. The summed E-state index contributed by atoms with van der Waals surface area (Å²) in [7, 11) is 1.72. The molecule has 2 amide bonds. The van der Waals surface area contributed by atoms with Crippen LogP contribution < -0.4 is 5.32 Å². The Hall–Kier alpha value is -2.63. The van der Waals surface area contributed by atoms with Gasteiger partial charge in [0.05, 0.1) is 31.4 Å². The molecule has 2 N–H and O–H groups in total. The number of hydrogen-bond acceptors (Lipinski definition) is 5. The van der Waals surface area contributed by atoms with Crippen LogP contribution in [0.25, 0.3) is 0 Å². The molecule has 8 heteroatoms. The number of nitriles is 1. The Kier molecular flexibility index (Phi) is 8.23. The van der Waals surface area contributed by atoms with Crippen LogP contribution in [0.2, 0.25) is 0 Å². The fraction of sp³-hybridized carbons (Fsp3) is 0.550. The minimum atomic E-state index is -0.824. The number of hydrogen-bond donors (Lipinski definition) is 2. The summed E-state index contributed by atoms with van der Waals surface area (Å²) in [5.74, 6) is -0.824. The molecule has 0 saturated heterocycles. The van der Waals surface area contributed by atoms with E-state index in [4.69, 9.17) is 15.1 Å². The third-order valence-electron chi connectivity index (χ3n) is 4.97. The van der Waals surface area contributed by atoms with Crippen LogP contribution in [0, 0.1) is 11.3 Å². The van der Waals surface area contributed by atoms with Crippen molar-refractivity contribution in [1.29, 1.82) is 5.26 Å². The molecular formula is C20H28N4O4. The van der Waals surface area contributed by atoms with Gasteiger partial charge in [-0.2, -0.15) is 5.26 Å². The number of amides is 2. The Morgan fingerprint density at radius 1 is 1.32 bits per heavy atom. The Labute approximate surface area is 165 Å². The summed E-state index contributed by atoms with van der Waals surface area (Å²) in [6, 6.07) is 9.43. The van der Waals surface area contributed by atoms with Crippen LogP contribution in [-0.2, 0) is 16.1 Å². The quantitative estimate of drug-likeness (QED) is 0.591. The lowest BCUT2D eigenvalue weighted by molar-refractivity contribution is -0.139. The van der Waals surface area contributed by atoms with Gasteiger partial charge >= 0.3 is 12.0 Å². The number of urea groups is 1. The predicted octanol–water partition coefficient (Wildman–Crippen LogP) is 1.65. The summed E-state index contributed by atoms with van der Waals surface area (Å²) < 4.78 is 5.59. The number of carbonyl (C=O) groups excluding carboxylic acids is 1. The molecule has 1 aromatic rings. The van der Waals surface area contributed by atoms with Crippen LogP contribution in [0.4, 0.5) is 4.79 Å². The van der Waals surface area contributed by atoms with Crippen molar-refractivity contribution >= 4 is 12.0 Å². The number of carboxylic acid groups (broad SMARTS) is 1. The van der Waals surface area contributed by atoms with Crippen molar-refractivity contribution in [3.63, 3.8) is 0 Å². The maximum absolute atomic E-state index is 12.2.